The summed E-state index contributed by atoms with van der Waals surface area (Å²) in [4.78, 5) is 22.8. The highest BCUT2D eigenvalue weighted by atomic mass is 16.4. The van der Waals surface area contributed by atoms with E-state index in [0.29, 0.717) is 23.1 Å². The number of hydrazone groups is 2. The number of anilines is 2. The third kappa shape index (κ3) is 5.24. The number of carboxylic acids is 1. The van der Waals surface area contributed by atoms with Gasteiger partial charge in [0, 0.05) is 18.2 Å². The molecular weight excluding hydrogens is 448 g/mol. The van der Waals surface area contributed by atoms with Crippen LogP contribution >= 0.6 is 0 Å². The molecule has 1 aromatic heterocycles. The zero-order valence-electron chi connectivity index (χ0n) is 19.5. The monoisotopic (exact) mass is 474 g/mol. The number of carbonyl (C=O) groups excluding carboxylic acids is 1. The number of nitrogens with one attached hydrogen (secondary N) is 1. The normalized spacial score (nSPS) is 13.8. The van der Waals surface area contributed by atoms with Crippen LogP contribution < -0.4 is 10.4 Å². The highest BCUT2D eigenvalue weighted by molar-refractivity contribution is 6.61. The van der Waals surface area contributed by atoms with E-state index in [4.69, 9.17) is 9.52 Å². The molecule has 0 fully saturated rings. The molecule has 0 unspecified atom stereocenters. The van der Waals surface area contributed by atoms with Crippen molar-refractivity contribution in [3.63, 3.8) is 0 Å². The number of benzene rings is 2. The van der Waals surface area contributed by atoms with Crippen LogP contribution in [-0.4, -0.2) is 40.9 Å². The molecule has 0 bridgehead atoms. The van der Waals surface area contributed by atoms with Crippen LogP contribution in [0.25, 0.3) is 11.1 Å². The largest absolute Gasteiger partial charge is 0.505 e. The van der Waals surface area contributed by atoms with Crippen molar-refractivity contribution in [2.45, 2.75) is 32.6 Å². The van der Waals surface area contributed by atoms with Gasteiger partial charge in [-0.15, -0.1) is 0 Å². The van der Waals surface area contributed by atoms with Crippen LogP contribution in [-0.2, 0) is 17.6 Å². The van der Waals surface area contributed by atoms with E-state index in [0.717, 1.165) is 18.5 Å². The van der Waals surface area contributed by atoms with E-state index in [2.05, 4.69) is 27.8 Å². The molecule has 4 rings (SSSR count). The number of hydrogen-bond donors (Lipinski definition) is 3. The van der Waals surface area contributed by atoms with Gasteiger partial charge in [-0.2, -0.15) is 10.2 Å². The second-order valence-corrected chi connectivity index (χ2v) is 8.30. The zero-order valence-corrected chi connectivity index (χ0v) is 19.5. The predicted octanol–water partition coefficient (Wildman–Crippen LogP) is 4.71. The summed E-state index contributed by atoms with van der Waals surface area (Å²) in [6, 6.07) is 12.5. The average Bonchev–Trinajstić information content (AvgIpc) is 3.35. The van der Waals surface area contributed by atoms with E-state index in [1.54, 1.807) is 30.1 Å². The molecule has 1 aliphatic rings. The first kappa shape index (κ1) is 23.7. The molecule has 1 aliphatic carbocycles. The van der Waals surface area contributed by atoms with Crippen molar-refractivity contribution >= 4 is 35.1 Å². The highest BCUT2D eigenvalue weighted by Crippen LogP contribution is 2.36. The Balaban J connectivity index is 1.53. The quantitative estimate of drug-likeness (QED) is 0.187. The van der Waals surface area contributed by atoms with Gasteiger partial charge in [0.1, 0.15) is 11.5 Å². The van der Waals surface area contributed by atoms with Crippen LogP contribution in [0.2, 0.25) is 0 Å². The molecule has 2 aromatic carbocycles. The summed E-state index contributed by atoms with van der Waals surface area (Å²) >= 11 is 0. The maximum Gasteiger partial charge on any atom is 0.371 e. The number of aromatic hydroxyl groups is 1. The van der Waals surface area contributed by atoms with Crippen LogP contribution in [0.4, 0.5) is 11.4 Å². The maximum atomic E-state index is 11.7. The lowest BCUT2D eigenvalue weighted by Gasteiger charge is -2.20. The van der Waals surface area contributed by atoms with Gasteiger partial charge in [0.15, 0.2) is 6.29 Å². The van der Waals surface area contributed by atoms with Crippen LogP contribution in [0.5, 0.6) is 5.75 Å². The molecule has 3 aromatic rings. The predicted molar refractivity (Wildman–Crippen MR) is 134 cm³/mol. The molecule has 0 saturated heterocycles. The van der Waals surface area contributed by atoms with Gasteiger partial charge in [-0.3, -0.25) is 15.2 Å². The van der Waals surface area contributed by atoms with Crippen molar-refractivity contribution in [3.05, 3.63) is 65.6 Å². The topological polar surface area (TPSA) is 128 Å². The number of fused-ring (bicyclic) bond motifs is 1. The van der Waals surface area contributed by atoms with Gasteiger partial charge >= 0.3 is 5.97 Å². The molecule has 0 radical (unpaired) electrons. The van der Waals surface area contributed by atoms with Crippen molar-refractivity contribution < 1.29 is 24.2 Å². The summed E-state index contributed by atoms with van der Waals surface area (Å²) < 4.78 is 5.00. The molecule has 0 amide bonds. The van der Waals surface area contributed by atoms with Crippen LogP contribution in [0, 0.1) is 0 Å². The molecule has 1 heterocycles. The summed E-state index contributed by atoms with van der Waals surface area (Å²) in [6.07, 6.45) is 6.40. The van der Waals surface area contributed by atoms with Gasteiger partial charge < -0.3 is 14.6 Å². The SMILES string of the molecule is CC(=N/N(C)c1ccc2c(c1)CCCC2)/C(C=O)=N/Nc1cccc(-c2coc(C(=O)O)c2)c1O. The number of furan rings is 1. The number of carboxylic acid groups (broad SMARTS) is 1. The Morgan fingerprint density at radius 3 is 2.63 bits per heavy atom. The molecule has 0 atom stereocenters. The number of aryl methyl sites for hydroxylation is 2. The van der Waals surface area contributed by atoms with Crippen molar-refractivity contribution in [1.29, 1.82) is 0 Å². The molecule has 35 heavy (non-hydrogen) atoms. The third-order valence-electron chi connectivity index (χ3n) is 5.94. The van der Waals surface area contributed by atoms with E-state index in [1.165, 1.54) is 36.3 Å². The van der Waals surface area contributed by atoms with Crippen molar-refractivity contribution in [2.24, 2.45) is 10.2 Å². The van der Waals surface area contributed by atoms with Gasteiger partial charge in [0.2, 0.25) is 5.76 Å². The molecule has 180 valence electrons. The minimum atomic E-state index is -1.21. The lowest BCUT2D eigenvalue weighted by molar-refractivity contribution is -0.102. The number of phenols is 1. The van der Waals surface area contributed by atoms with Gasteiger partial charge in [-0.1, -0.05) is 18.2 Å². The smallest absolute Gasteiger partial charge is 0.371 e. The fourth-order valence-corrected chi connectivity index (χ4v) is 4.02. The minimum Gasteiger partial charge on any atom is -0.505 e. The summed E-state index contributed by atoms with van der Waals surface area (Å²) in [5.74, 6) is -1.62. The number of rotatable bonds is 8. The van der Waals surface area contributed by atoms with Crippen LogP contribution in [0.1, 0.15) is 41.4 Å². The van der Waals surface area contributed by atoms with E-state index < -0.39 is 5.97 Å². The Morgan fingerprint density at radius 1 is 1.14 bits per heavy atom. The Bertz CT molecular complexity index is 1330. The van der Waals surface area contributed by atoms with E-state index in [9.17, 15) is 14.7 Å². The van der Waals surface area contributed by atoms with Crippen LogP contribution in [0.3, 0.4) is 0 Å². The van der Waals surface area contributed by atoms with Crippen molar-refractivity contribution in [2.75, 3.05) is 17.5 Å². The van der Waals surface area contributed by atoms with Gasteiger partial charge in [0.05, 0.1) is 23.3 Å². The first-order chi connectivity index (χ1) is 16.9. The Labute approximate surface area is 202 Å². The second-order valence-electron chi connectivity index (χ2n) is 8.30. The molecule has 0 saturated carbocycles. The van der Waals surface area contributed by atoms with Crippen molar-refractivity contribution in [3.8, 4) is 16.9 Å². The van der Waals surface area contributed by atoms with E-state index in [1.807, 2.05) is 13.1 Å². The zero-order chi connectivity index (χ0) is 24.9. The molecular formula is C26H26N4O5. The third-order valence-corrected chi connectivity index (χ3v) is 5.94. The Kier molecular flexibility index (Phi) is 6.96. The number of phenolic OH excluding ortho intramolecular Hbond substituents is 1. The minimum absolute atomic E-state index is 0.0658. The number of para-hydroxylation sites is 1. The lowest BCUT2D eigenvalue weighted by Crippen LogP contribution is -2.20. The standard InChI is InChI=1S/C26H26N4O5/c1-16(29-30(2)20-11-10-17-6-3-4-7-18(17)12-20)23(14-31)28-27-22-9-5-8-21(25(22)32)19-13-24(26(33)34)35-15-19/h5,8-15,27,32H,3-4,6-7H2,1-2H3,(H,33,34)/b28-23+,29-16-. The summed E-state index contributed by atoms with van der Waals surface area (Å²) in [5.41, 5.74) is 7.78. The summed E-state index contributed by atoms with van der Waals surface area (Å²) in [7, 11) is 1.81. The first-order valence-electron chi connectivity index (χ1n) is 11.2. The van der Waals surface area contributed by atoms with E-state index in [-0.39, 0.29) is 22.9 Å². The van der Waals surface area contributed by atoms with Gasteiger partial charge in [-0.05, 0) is 68.0 Å². The highest BCUT2D eigenvalue weighted by Gasteiger charge is 2.15. The Morgan fingerprint density at radius 2 is 1.91 bits per heavy atom. The summed E-state index contributed by atoms with van der Waals surface area (Å²) in [5, 5.41) is 30.0. The maximum absolute atomic E-state index is 11.7. The first-order valence-corrected chi connectivity index (χ1v) is 11.2. The second kappa shape index (κ2) is 10.3. The number of aldehydes is 1. The van der Waals surface area contributed by atoms with Crippen LogP contribution in [0.15, 0.2) is 63.3 Å². The lowest BCUT2D eigenvalue weighted by atomic mass is 9.91. The fourth-order valence-electron chi connectivity index (χ4n) is 4.02. The summed E-state index contributed by atoms with van der Waals surface area (Å²) in [6.45, 7) is 1.68. The number of hydrogen-bond acceptors (Lipinski definition) is 8. The number of nitrogens with zero attached hydrogens (tertiary/aromatic N) is 3. The molecule has 9 nitrogen and oxygen atoms in total. The number of aromatic carboxylic acids is 1. The Hall–Kier alpha value is -4.40. The molecule has 9 heteroatoms. The average molecular weight is 475 g/mol. The van der Waals surface area contributed by atoms with Gasteiger partial charge in [-0.25, -0.2) is 4.79 Å². The molecule has 3 N–H and O–H groups in total. The fraction of sp³-hybridized carbons (Fsp3) is 0.231. The molecule has 0 spiro atoms. The number of carbonyl (C=O) groups is 2. The van der Waals surface area contributed by atoms with Crippen molar-refractivity contribution in [1.82, 2.24) is 0 Å². The van der Waals surface area contributed by atoms with E-state index >= 15 is 0 Å². The van der Waals surface area contributed by atoms with Gasteiger partial charge in [0.25, 0.3) is 0 Å². The molecule has 0 aliphatic heterocycles.